The Morgan fingerprint density at radius 3 is 2.71 bits per heavy atom. The van der Waals surface area contributed by atoms with Crippen molar-refractivity contribution in [3.63, 3.8) is 0 Å². The molecule has 3 heterocycles. The van der Waals surface area contributed by atoms with Crippen LogP contribution in [0.1, 0.15) is 32.1 Å². The van der Waals surface area contributed by atoms with Crippen molar-refractivity contribution in [1.82, 2.24) is 10.2 Å². The first kappa shape index (κ1) is 15.1. The monoisotopic (exact) mass is 297 g/mol. The fourth-order valence-corrected chi connectivity index (χ4v) is 3.48. The lowest BCUT2D eigenvalue weighted by Crippen LogP contribution is -2.50. The van der Waals surface area contributed by atoms with E-state index in [1.165, 1.54) is 19.3 Å². The summed E-state index contributed by atoms with van der Waals surface area (Å²) in [6.07, 6.45) is 5.63. The third-order valence-corrected chi connectivity index (χ3v) is 4.91. The molecule has 2 fully saturated rings. The topological polar surface area (TPSA) is 66.3 Å². The SMILES string of the molecule is OCC1(C2=NOC[C@@H](CN3CCCCC3)O2)CCNCC1. The van der Waals surface area contributed by atoms with E-state index >= 15 is 0 Å². The minimum absolute atomic E-state index is 0.0360. The second-order valence-corrected chi connectivity index (χ2v) is 6.48. The number of likely N-dealkylation sites (tertiary alicyclic amines) is 1. The van der Waals surface area contributed by atoms with Crippen LogP contribution in [0.3, 0.4) is 0 Å². The van der Waals surface area contributed by atoms with E-state index in [2.05, 4.69) is 15.4 Å². The molecule has 6 heteroatoms. The van der Waals surface area contributed by atoms with E-state index < -0.39 is 0 Å². The molecule has 2 saturated heterocycles. The molecule has 0 bridgehead atoms. The molecular weight excluding hydrogens is 270 g/mol. The number of hydrogen-bond donors (Lipinski definition) is 2. The Kier molecular flexibility index (Phi) is 4.98. The van der Waals surface area contributed by atoms with E-state index in [4.69, 9.17) is 9.57 Å². The highest BCUT2D eigenvalue weighted by molar-refractivity contribution is 5.83. The molecule has 3 rings (SSSR count). The summed E-state index contributed by atoms with van der Waals surface area (Å²) in [6, 6.07) is 0. The van der Waals surface area contributed by atoms with Crippen molar-refractivity contribution >= 4 is 5.90 Å². The molecule has 21 heavy (non-hydrogen) atoms. The van der Waals surface area contributed by atoms with Crippen molar-refractivity contribution in [2.75, 3.05) is 45.9 Å². The average Bonchev–Trinajstić information content (AvgIpc) is 2.57. The number of ether oxygens (including phenoxy) is 1. The molecule has 0 aliphatic carbocycles. The van der Waals surface area contributed by atoms with Gasteiger partial charge >= 0.3 is 0 Å². The Bertz CT molecular complexity index is 363. The Morgan fingerprint density at radius 1 is 1.24 bits per heavy atom. The molecule has 0 amide bonds. The van der Waals surface area contributed by atoms with Gasteiger partial charge in [-0.05, 0) is 51.9 Å². The Morgan fingerprint density at radius 2 is 2.00 bits per heavy atom. The van der Waals surface area contributed by atoms with Gasteiger partial charge in [-0.2, -0.15) is 0 Å². The summed E-state index contributed by atoms with van der Waals surface area (Å²) in [5, 5.41) is 17.3. The van der Waals surface area contributed by atoms with E-state index in [1.807, 2.05) is 0 Å². The number of oxime groups is 1. The van der Waals surface area contributed by atoms with Crippen molar-refractivity contribution in [3.8, 4) is 0 Å². The maximum atomic E-state index is 9.85. The summed E-state index contributed by atoms with van der Waals surface area (Å²) in [7, 11) is 0. The number of hydrogen-bond acceptors (Lipinski definition) is 6. The van der Waals surface area contributed by atoms with Gasteiger partial charge in [-0.1, -0.05) is 11.6 Å². The first-order chi connectivity index (χ1) is 10.3. The Hall–Kier alpha value is -0.850. The smallest absolute Gasteiger partial charge is 0.234 e. The Labute approximate surface area is 126 Å². The first-order valence-electron chi connectivity index (χ1n) is 8.23. The van der Waals surface area contributed by atoms with Crippen LogP contribution in [-0.2, 0) is 9.57 Å². The van der Waals surface area contributed by atoms with E-state index in [-0.39, 0.29) is 18.1 Å². The van der Waals surface area contributed by atoms with Gasteiger partial charge in [0.15, 0.2) is 6.61 Å². The number of aliphatic hydroxyl groups excluding tert-OH is 1. The summed E-state index contributed by atoms with van der Waals surface area (Å²) in [6.45, 7) is 5.58. The lowest BCUT2D eigenvalue weighted by Gasteiger charge is -2.39. The van der Waals surface area contributed by atoms with Gasteiger partial charge in [0, 0.05) is 6.54 Å². The number of rotatable bonds is 4. The number of nitrogens with zero attached hydrogens (tertiary/aromatic N) is 2. The highest BCUT2D eigenvalue weighted by atomic mass is 16.7. The van der Waals surface area contributed by atoms with Crippen LogP contribution >= 0.6 is 0 Å². The molecule has 1 atom stereocenters. The molecule has 0 saturated carbocycles. The maximum absolute atomic E-state index is 9.85. The lowest BCUT2D eigenvalue weighted by atomic mass is 9.79. The molecule has 0 aromatic heterocycles. The second-order valence-electron chi connectivity index (χ2n) is 6.48. The molecule has 0 aromatic carbocycles. The zero-order chi connectivity index (χ0) is 14.5. The number of piperidine rings is 2. The zero-order valence-corrected chi connectivity index (χ0v) is 12.7. The molecule has 0 aromatic rings. The van der Waals surface area contributed by atoms with Crippen molar-refractivity contribution in [2.24, 2.45) is 10.6 Å². The van der Waals surface area contributed by atoms with Crippen molar-refractivity contribution < 1.29 is 14.7 Å². The minimum atomic E-state index is -0.355. The van der Waals surface area contributed by atoms with Gasteiger partial charge in [0.05, 0.1) is 12.0 Å². The van der Waals surface area contributed by atoms with Crippen LogP contribution in [0.15, 0.2) is 5.16 Å². The van der Waals surface area contributed by atoms with Crippen molar-refractivity contribution in [3.05, 3.63) is 0 Å². The van der Waals surface area contributed by atoms with E-state index in [1.54, 1.807) is 0 Å². The van der Waals surface area contributed by atoms with Crippen LogP contribution in [0.25, 0.3) is 0 Å². The molecule has 3 aliphatic rings. The highest BCUT2D eigenvalue weighted by Gasteiger charge is 2.42. The van der Waals surface area contributed by atoms with Crippen LogP contribution in [0, 0.1) is 5.41 Å². The molecule has 120 valence electrons. The molecule has 6 nitrogen and oxygen atoms in total. The van der Waals surface area contributed by atoms with Crippen LogP contribution < -0.4 is 5.32 Å². The minimum Gasteiger partial charge on any atom is -0.470 e. The van der Waals surface area contributed by atoms with E-state index in [0.29, 0.717) is 12.5 Å². The average molecular weight is 297 g/mol. The van der Waals surface area contributed by atoms with Crippen LogP contribution in [0.4, 0.5) is 0 Å². The van der Waals surface area contributed by atoms with Gasteiger partial charge in [0.25, 0.3) is 0 Å². The van der Waals surface area contributed by atoms with Crippen LogP contribution in [0.5, 0.6) is 0 Å². The van der Waals surface area contributed by atoms with Crippen molar-refractivity contribution in [2.45, 2.75) is 38.2 Å². The second kappa shape index (κ2) is 6.94. The fourth-order valence-electron chi connectivity index (χ4n) is 3.48. The molecule has 0 unspecified atom stereocenters. The summed E-state index contributed by atoms with van der Waals surface area (Å²) in [5.41, 5.74) is -0.355. The van der Waals surface area contributed by atoms with Gasteiger partial charge in [-0.25, -0.2) is 0 Å². The molecule has 0 radical (unpaired) electrons. The predicted octanol–water partition coefficient (Wildman–Crippen LogP) is 0.563. The lowest BCUT2D eigenvalue weighted by molar-refractivity contribution is -0.0296. The summed E-state index contributed by atoms with van der Waals surface area (Å²) < 4.78 is 6.12. The molecule has 0 spiro atoms. The van der Waals surface area contributed by atoms with Crippen LogP contribution in [0.2, 0.25) is 0 Å². The first-order valence-corrected chi connectivity index (χ1v) is 8.23. The summed E-state index contributed by atoms with van der Waals surface area (Å²) in [5.74, 6) is 0.611. The number of nitrogens with one attached hydrogen (secondary N) is 1. The largest absolute Gasteiger partial charge is 0.470 e. The molecule has 2 N–H and O–H groups in total. The van der Waals surface area contributed by atoms with Gasteiger partial charge in [0.2, 0.25) is 5.90 Å². The fraction of sp³-hybridized carbons (Fsp3) is 0.933. The maximum Gasteiger partial charge on any atom is 0.234 e. The third-order valence-electron chi connectivity index (χ3n) is 4.91. The predicted molar refractivity (Wildman–Crippen MR) is 80.2 cm³/mol. The van der Waals surface area contributed by atoms with E-state index in [0.717, 1.165) is 45.6 Å². The van der Waals surface area contributed by atoms with Crippen molar-refractivity contribution in [1.29, 1.82) is 0 Å². The van der Waals surface area contributed by atoms with E-state index in [9.17, 15) is 5.11 Å². The molecule has 3 aliphatic heterocycles. The quantitative estimate of drug-likeness (QED) is 0.794. The summed E-state index contributed by atoms with van der Waals surface area (Å²) >= 11 is 0. The van der Waals surface area contributed by atoms with Gasteiger partial charge in [0.1, 0.15) is 6.10 Å². The van der Waals surface area contributed by atoms with Gasteiger partial charge < -0.3 is 20.0 Å². The Balaban J connectivity index is 1.60. The third kappa shape index (κ3) is 3.49. The summed E-state index contributed by atoms with van der Waals surface area (Å²) in [4.78, 5) is 7.87. The van der Waals surface area contributed by atoms with Gasteiger partial charge in [-0.15, -0.1) is 0 Å². The highest BCUT2D eigenvalue weighted by Crippen LogP contribution is 2.32. The molecular formula is C15H27N3O3. The van der Waals surface area contributed by atoms with Gasteiger partial charge in [-0.3, -0.25) is 4.90 Å². The van der Waals surface area contributed by atoms with Crippen LogP contribution in [-0.4, -0.2) is 67.9 Å². The zero-order valence-electron chi connectivity index (χ0n) is 12.7. The standard InChI is InChI=1S/C15H27N3O3/c19-12-15(4-6-16-7-5-15)14-17-20-11-13(21-14)10-18-8-2-1-3-9-18/h13,16,19H,1-12H2/t13-/m1/s1. The number of aliphatic hydroxyl groups is 1. The normalized spacial score (nSPS) is 30.1.